The summed E-state index contributed by atoms with van der Waals surface area (Å²) in [5.74, 6) is 6.62. The SMILES string of the molecule is CCCCOc1cc(CC2CNC(=O)N2)ccc1OC.CCc1nn(C2CCCC2)c2c1CCN(c1ccccc1C)C2=O.COc1ccc(C2CNC(=O)NC2)cc1O[C@H]1C[C@@H]2CC[C@H]1C2.Nc1cc2c([nH]1)c(=O)n(CC1CC1)c(=O)n2CC1CC1. The fourth-order valence-electron chi connectivity index (χ4n) is 13.6. The van der Waals surface area contributed by atoms with Gasteiger partial charge in [-0.1, -0.05) is 63.4 Å². The Morgan fingerprint density at radius 3 is 2.10 bits per heavy atom. The number of benzene rings is 3. The summed E-state index contributed by atoms with van der Waals surface area (Å²) in [6, 6.07) is 22.3. The van der Waals surface area contributed by atoms with E-state index in [1.54, 1.807) is 24.9 Å². The summed E-state index contributed by atoms with van der Waals surface area (Å²) >= 11 is 0. The number of fused-ring (bicyclic) bond motifs is 4. The van der Waals surface area contributed by atoms with Crippen LogP contribution in [0.2, 0.25) is 0 Å². The first kappa shape index (κ1) is 60.8. The third kappa shape index (κ3) is 14.3. The van der Waals surface area contributed by atoms with Crippen molar-refractivity contribution >= 4 is 40.5 Å². The van der Waals surface area contributed by atoms with Crippen LogP contribution in [0.15, 0.2) is 76.3 Å². The number of aromatic amines is 1. The van der Waals surface area contributed by atoms with Crippen LogP contribution in [0.1, 0.15) is 154 Å². The summed E-state index contributed by atoms with van der Waals surface area (Å²) < 4.78 is 28.1. The lowest BCUT2D eigenvalue weighted by molar-refractivity contribution is 0.0967. The number of unbranched alkanes of at least 4 members (excludes halogenated alkanes) is 1. The minimum Gasteiger partial charge on any atom is -0.493 e. The van der Waals surface area contributed by atoms with Crippen LogP contribution < -0.4 is 62.1 Å². The van der Waals surface area contributed by atoms with Crippen molar-refractivity contribution in [2.24, 2.45) is 23.7 Å². The number of carbonyl (C=O) groups excluding carboxylic acids is 3. The maximum absolute atomic E-state index is 13.3. The molecule has 7 fully saturated rings. The monoisotopic (exact) mass is 1190 g/mol. The van der Waals surface area contributed by atoms with Gasteiger partial charge in [0.05, 0.1) is 44.1 Å². The summed E-state index contributed by atoms with van der Waals surface area (Å²) in [5, 5.41) is 16.2. The van der Waals surface area contributed by atoms with Crippen LogP contribution in [0, 0.1) is 30.6 Å². The smallest absolute Gasteiger partial charge is 0.331 e. The normalized spacial score (nSPS) is 21.3. The van der Waals surface area contributed by atoms with Crippen LogP contribution in [0.5, 0.6) is 23.0 Å². The number of methoxy groups -OCH3 is 2. The van der Waals surface area contributed by atoms with Gasteiger partial charge in [0.25, 0.3) is 11.5 Å². The standard InChI is InChI=1S/C20H25N3O.C18H24N2O3.C15H22N2O3.C14H18N4O2/c1-3-17-16-12-13-22(18-11-7-4-8-14(18)2)20(24)19(16)23(21-17)15-9-5-6-10-15;1-22-15-5-4-12(14-9-19-18(21)20-10-14)8-17(15)23-16-7-11-2-3-13(16)6-11;1-3-4-7-20-14-9-11(5-6-13(14)19-2)8-12-10-16-15(18)17-12;15-11-5-10-12(16-11)13(19)18(7-9-3-4-9)14(20)17(10)6-8-1-2-8/h4,7-8,11,15H,3,5-6,9-10,12-13H2,1-2H3;4-5,8,11,13-14,16H,2-3,6-7,9-10H2,1H3,(H2,19,20,21);5-6,9,12H,3-4,7-8,10H2,1-2H3,(H2,16,17,18);5,8-9,16H,1-4,6-7,15H2/t;11-,13+,16+;;/m.1../s1. The van der Waals surface area contributed by atoms with E-state index in [1.807, 2.05) is 41.3 Å². The molecule has 0 spiro atoms. The lowest BCUT2D eigenvalue weighted by atomic mass is 9.96. The Hall–Kier alpha value is -7.90. The van der Waals surface area contributed by atoms with E-state index in [4.69, 9.17) is 29.8 Å². The molecule has 5 aliphatic carbocycles. The zero-order valence-corrected chi connectivity index (χ0v) is 51.4. The number of hydrogen-bond donors (Lipinski definition) is 6. The zero-order valence-electron chi connectivity index (χ0n) is 51.4. The molecule has 5 amide bonds. The molecule has 14 rings (SSSR count). The van der Waals surface area contributed by atoms with Gasteiger partial charge in [-0.05, 0) is 168 Å². The summed E-state index contributed by atoms with van der Waals surface area (Å²) in [7, 11) is 3.33. The van der Waals surface area contributed by atoms with Crippen molar-refractivity contribution in [2.75, 3.05) is 57.6 Å². The number of amides is 5. The van der Waals surface area contributed by atoms with Gasteiger partial charge in [-0.25, -0.2) is 14.4 Å². The highest BCUT2D eigenvalue weighted by Gasteiger charge is 2.42. The van der Waals surface area contributed by atoms with Gasteiger partial charge in [0, 0.05) is 62.5 Å². The first-order chi connectivity index (χ1) is 42.3. The minimum absolute atomic E-state index is 0.0896. The minimum atomic E-state index is -0.236. The predicted octanol–water partition coefficient (Wildman–Crippen LogP) is 9.72. The zero-order chi connectivity index (χ0) is 60.7. The third-order valence-corrected chi connectivity index (χ3v) is 18.8. The van der Waals surface area contributed by atoms with Crippen molar-refractivity contribution < 1.29 is 33.3 Å². The third-order valence-electron chi connectivity index (χ3n) is 18.8. The summed E-state index contributed by atoms with van der Waals surface area (Å²) in [6.45, 7) is 11.0. The first-order valence-electron chi connectivity index (χ1n) is 32.1. The number of H-pyrrole nitrogens is 1. The number of nitrogens with zero attached hydrogens (tertiary/aromatic N) is 5. The highest BCUT2D eigenvalue weighted by Crippen LogP contribution is 2.47. The van der Waals surface area contributed by atoms with Crippen LogP contribution in [0.4, 0.5) is 21.1 Å². The Morgan fingerprint density at radius 2 is 1.45 bits per heavy atom. The van der Waals surface area contributed by atoms with Gasteiger partial charge in [0.2, 0.25) is 0 Å². The van der Waals surface area contributed by atoms with Gasteiger partial charge >= 0.3 is 17.8 Å². The van der Waals surface area contributed by atoms with Crippen molar-refractivity contribution in [3.05, 3.63) is 121 Å². The van der Waals surface area contributed by atoms with Gasteiger partial charge in [-0.2, -0.15) is 5.10 Å². The molecule has 87 heavy (non-hydrogen) atoms. The van der Waals surface area contributed by atoms with Crippen LogP contribution in [-0.2, 0) is 32.4 Å². The molecule has 3 aliphatic heterocycles. The molecule has 0 radical (unpaired) electrons. The topological polar surface area (TPSA) is 243 Å². The highest BCUT2D eigenvalue weighted by molar-refractivity contribution is 6.07. The van der Waals surface area contributed by atoms with Crippen LogP contribution in [0.3, 0.4) is 0 Å². The van der Waals surface area contributed by atoms with Crippen molar-refractivity contribution in [3.8, 4) is 23.0 Å². The first-order valence-corrected chi connectivity index (χ1v) is 32.1. The molecule has 8 aliphatic rings. The largest absolute Gasteiger partial charge is 0.493 e. The van der Waals surface area contributed by atoms with E-state index < -0.39 is 0 Å². The quantitative estimate of drug-likeness (QED) is 0.0443. The molecule has 20 heteroatoms. The number of hydrogen-bond acceptors (Lipinski definition) is 11. The van der Waals surface area contributed by atoms with E-state index in [-0.39, 0.29) is 41.2 Å². The van der Waals surface area contributed by atoms with E-state index in [1.165, 1.54) is 54.2 Å². The number of nitrogens with one attached hydrogen (secondary N) is 5. The van der Waals surface area contributed by atoms with Gasteiger partial charge in [-0.15, -0.1) is 0 Å². The van der Waals surface area contributed by atoms with E-state index in [2.05, 4.69) is 76.0 Å². The maximum Gasteiger partial charge on any atom is 0.331 e. The second kappa shape index (κ2) is 27.4. The molecule has 6 aromatic rings. The van der Waals surface area contributed by atoms with Crippen LogP contribution in [0.25, 0.3) is 11.0 Å². The molecule has 5 saturated carbocycles. The number of para-hydroxylation sites is 1. The summed E-state index contributed by atoms with van der Waals surface area (Å²) in [4.78, 5) is 65.6. The molecule has 1 unspecified atom stereocenters. The Balaban J connectivity index is 0.000000121. The lowest BCUT2D eigenvalue weighted by Gasteiger charge is -2.29. The Bertz CT molecular complexity index is 3530. The Morgan fingerprint density at radius 1 is 0.736 bits per heavy atom. The number of nitrogen functional groups attached to an aromatic ring is 1. The molecule has 466 valence electrons. The molecular formula is C67H89N11O9. The van der Waals surface area contributed by atoms with E-state index >= 15 is 0 Å². The van der Waals surface area contributed by atoms with E-state index in [0.29, 0.717) is 86.1 Å². The van der Waals surface area contributed by atoms with Crippen molar-refractivity contribution in [2.45, 2.75) is 167 Å². The molecule has 7 N–H and O–H groups in total. The molecule has 2 bridgehead atoms. The van der Waals surface area contributed by atoms with Crippen molar-refractivity contribution in [3.63, 3.8) is 0 Å². The number of carbonyl (C=O) groups is 3. The summed E-state index contributed by atoms with van der Waals surface area (Å²) in [6.07, 6.45) is 19.6. The van der Waals surface area contributed by atoms with Gasteiger partial charge in [0.1, 0.15) is 23.1 Å². The molecule has 6 heterocycles. The average molecular weight is 1190 g/mol. The fraction of sp³-hybridized carbons (Fsp3) is 0.552. The maximum atomic E-state index is 13.3. The van der Waals surface area contributed by atoms with Gasteiger partial charge in [0.15, 0.2) is 23.0 Å². The number of rotatable bonds is 18. The lowest BCUT2D eigenvalue weighted by Crippen LogP contribution is -2.47. The van der Waals surface area contributed by atoms with Gasteiger partial charge in [-0.3, -0.25) is 23.4 Å². The Labute approximate surface area is 509 Å². The number of ether oxygens (including phenoxy) is 4. The molecule has 2 saturated heterocycles. The number of aryl methyl sites for hydroxylation is 2. The second-order valence-electron chi connectivity index (χ2n) is 25.2. The average Bonchev–Trinajstić information content (AvgIpc) is 1.78. The number of anilines is 2. The highest BCUT2D eigenvalue weighted by atomic mass is 16.5. The number of nitrogens with two attached hydrogens (primary N) is 1. The molecule has 20 nitrogen and oxygen atoms in total. The molecule has 4 atom stereocenters. The molecule has 3 aromatic heterocycles. The van der Waals surface area contributed by atoms with E-state index in [0.717, 1.165) is 134 Å². The van der Waals surface area contributed by atoms with Crippen LogP contribution in [-0.4, -0.2) is 101 Å². The predicted molar refractivity (Wildman–Crippen MR) is 337 cm³/mol. The van der Waals surface area contributed by atoms with Gasteiger partial charge < -0.3 is 55.8 Å². The van der Waals surface area contributed by atoms with Crippen LogP contribution >= 0.6 is 0 Å². The molecular weight excluding hydrogens is 1100 g/mol. The Kier molecular flexibility index (Phi) is 19.2. The second-order valence-corrected chi connectivity index (χ2v) is 25.2. The number of aromatic nitrogens is 5. The van der Waals surface area contributed by atoms with Crippen molar-refractivity contribution in [1.29, 1.82) is 0 Å². The van der Waals surface area contributed by atoms with Crippen molar-refractivity contribution in [1.82, 2.24) is 45.2 Å². The summed E-state index contributed by atoms with van der Waals surface area (Å²) in [5.41, 5.74) is 14.1. The number of urea groups is 2. The van der Waals surface area contributed by atoms with E-state index in [9.17, 15) is 24.0 Å². The fourth-order valence-corrected chi connectivity index (χ4v) is 13.6. The molecule has 3 aromatic carbocycles.